The number of benzene rings is 1. The van der Waals surface area contributed by atoms with Crippen LogP contribution in [0.4, 0.5) is 11.4 Å². The Bertz CT molecular complexity index is 516. The molecule has 0 saturated carbocycles. The highest BCUT2D eigenvalue weighted by molar-refractivity contribution is 5.96. The summed E-state index contributed by atoms with van der Waals surface area (Å²) >= 11 is 0. The van der Waals surface area contributed by atoms with Crippen LogP contribution < -0.4 is 16.0 Å². The van der Waals surface area contributed by atoms with E-state index in [1.807, 2.05) is 13.0 Å². The number of hydrogen-bond acceptors (Lipinski definition) is 4. The lowest BCUT2D eigenvalue weighted by Gasteiger charge is -2.22. The van der Waals surface area contributed by atoms with Crippen molar-refractivity contribution in [1.82, 2.24) is 5.32 Å². The normalized spacial score (nSPS) is 17.5. The maximum atomic E-state index is 12.0. The van der Waals surface area contributed by atoms with Gasteiger partial charge in [0.1, 0.15) is 6.10 Å². The first-order valence-corrected chi connectivity index (χ1v) is 6.57. The predicted octanol–water partition coefficient (Wildman–Crippen LogP) is 1.30. The molecule has 116 valence electrons. The second-order valence-corrected chi connectivity index (χ2v) is 4.76. The number of ether oxygens (including phenoxy) is 1. The maximum absolute atomic E-state index is 12.0. The van der Waals surface area contributed by atoms with Crippen LogP contribution in [-0.4, -0.2) is 37.6 Å². The molecule has 2 amide bonds. The third-order valence-electron chi connectivity index (χ3n) is 3.04. The van der Waals surface area contributed by atoms with Gasteiger partial charge >= 0.3 is 0 Å². The second kappa shape index (κ2) is 7.97. The van der Waals surface area contributed by atoms with E-state index in [4.69, 9.17) is 4.74 Å². The van der Waals surface area contributed by atoms with Gasteiger partial charge in [-0.05, 0) is 24.6 Å². The monoisotopic (exact) mass is 313 g/mol. The third-order valence-corrected chi connectivity index (χ3v) is 3.04. The third kappa shape index (κ3) is 5.00. The summed E-state index contributed by atoms with van der Waals surface area (Å²) in [6.45, 7) is 5.15. The van der Waals surface area contributed by atoms with Gasteiger partial charge in [-0.1, -0.05) is 6.07 Å². The molecule has 0 bridgehead atoms. The molecule has 0 aromatic heterocycles. The number of halogens is 1. The number of carbonyl (C=O) groups excluding carboxylic acids is 2. The molecule has 1 saturated heterocycles. The minimum absolute atomic E-state index is 0. The Kier molecular flexibility index (Phi) is 6.61. The Labute approximate surface area is 130 Å². The Morgan fingerprint density at radius 3 is 2.71 bits per heavy atom. The van der Waals surface area contributed by atoms with Crippen LogP contribution in [-0.2, 0) is 14.3 Å². The topological polar surface area (TPSA) is 79.5 Å². The van der Waals surface area contributed by atoms with Gasteiger partial charge in [-0.15, -0.1) is 12.4 Å². The zero-order chi connectivity index (χ0) is 14.5. The van der Waals surface area contributed by atoms with Gasteiger partial charge in [0.05, 0.1) is 6.61 Å². The summed E-state index contributed by atoms with van der Waals surface area (Å²) in [6, 6.07) is 5.39. The van der Waals surface area contributed by atoms with Gasteiger partial charge in [0.25, 0.3) is 5.91 Å². The van der Waals surface area contributed by atoms with Crippen LogP contribution in [0.1, 0.15) is 12.5 Å². The van der Waals surface area contributed by atoms with Crippen LogP contribution >= 0.6 is 12.4 Å². The summed E-state index contributed by atoms with van der Waals surface area (Å²) in [5, 5.41) is 8.63. The molecule has 1 unspecified atom stereocenters. The van der Waals surface area contributed by atoms with Gasteiger partial charge in [-0.2, -0.15) is 0 Å². The summed E-state index contributed by atoms with van der Waals surface area (Å²) < 4.78 is 5.39. The number of aryl methyl sites for hydroxylation is 1. The van der Waals surface area contributed by atoms with Gasteiger partial charge in [0.2, 0.25) is 5.91 Å². The van der Waals surface area contributed by atoms with Gasteiger partial charge in [0.15, 0.2) is 0 Å². The Hall–Kier alpha value is -1.63. The quantitative estimate of drug-likeness (QED) is 0.786. The fraction of sp³-hybridized carbons (Fsp3) is 0.429. The zero-order valence-corrected chi connectivity index (χ0v) is 12.9. The van der Waals surface area contributed by atoms with E-state index in [0.717, 1.165) is 12.1 Å². The number of rotatable bonds is 3. The highest BCUT2D eigenvalue weighted by Gasteiger charge is 2.21. The van der Waals surface area contributed by atoms with Gasteiger partial charge in [-0.3, -0.25) is 9.59 Å². The molecule has 1 atom stereocenters. The molecule has 1 aromatic rings. The molecule has 6 nitrogen and oxygen atoms in total. The fourth-order valence-corrected chi connectivity index (χ4v) is 1.98. The van der Waals surface area contributed by atoms with E-state index < -0.39 is 6.10 Å². The molecule has 1 aliphatic rings. The van der Waals surface area contributed by atoms with Crippen LogP contribution in [0.3, 0.4) is 0 Å². The number of nitrogens with one attached hydrogen (secondary N) is 3. The van der Waals surface area contributed by atoms with Crippen molar-refractivity contribution in [2.24, 2.45) is 0 Å². The number of carbonyl (C=O) groups is 2. The summed E-state index contributed by atoms with van der Waals surface area (Å²) in [5.41, 5.74) is 2.27. The molecule has 21 heavy (non-hydrogen) atoms. The first-order chi connectivity index (χ1) is 9.56. The predicted molar refractivity (Wildman–Crippen MR) is 84.0 cm³/mol. The molecule has 0 radical (unpaired) electrons. The van der Waals surface area contributed by atoms with Gasteiger partial charge < -0.3 is 20.7 Å². The Balaban J connectivity index is 0.00000220. The minimum atomic E-state index is -0.478. The molecule has 0 aliphatic carbocycles. The van der Waals surface area contributed by atoms with Crippen molar-refractivity contribution in [2.75, 3.05) is 30.3 Å². The van der Waals surface area contributed by atoms with Crippen molar-refractivity contribution in [3.63, 3.8) is 0 Å². The molecule has 1 heterocycles. The molecular weight excluding hydrogens is 294 g/mol. The number of hydrogen-bond donors (Lipinski definition) is 3. The van der Waals surface area contributed by atoms with Crippen molar-refractivity contribution in [2.45, 2.75) is 20.0 Å². The molecule has 1 aromatic carbocycles. The van der Waals surface area contributed by atoms with E-state index in [9.17, 15) is 9.59 Å². The van der Waals surface area contributed by atoms with Crippen molar-refractivity contribution in [3.05, 3.63) is 23.8 Å². The Morgan fingerprint density at radius 1 is 1.33 bits per heavy atom. The van der Waals surface area contributed by atoms with Crippen LogP contribution in [0.15, 0.2) is 18.2 Å². The molecule has 1 fully saturated rings. The van der Waals surface area contributed by atoms with E-state index in [0.29, 0.717) is 24.5 Å². The average molecular weight is 314 g/mol. The Morgan fingerprint density at radius 2 is 2.10 bits per heavy atom. The summed E-state index contributed by atoms with van der Waals surface area (Å²) in [6.07, 6.45) is -0.478. The van der Waals surface area contributed by atoms with Gasteiger partial charge in [-0.25, -0.2) is 0 Å². The SMILES string of the molecule is CC(=O)Nc1cc(NC(=O)C2CNCCO2)ccc1C.Cl. The summed E-state index contributed by atoms with van der Waals surface area (Å²) in [4.78, 5) is 23.1. The lowest BCUT2D eigenvalue weighted by molar-refractivity contribution is -0.128. The average Bonchev–Trinajstić information content (AvgIpc) is 2.43. The van der Waals surface area contributed by atoms with E-state index in [-0.39, 0.29) is 24.2 Å². The molecule has 2 rings (SSSR count). The number of anilines is 2. The largest absolute Gasteiger partial charge is 0.366 e. The highest BCUT2D eigenvalue weighted by Crippen LogP contribution is 2.20. The number of amides is 2. The lowest BCUT2D eigenvalue weighted by atomic mass is 10.1. The van der Waals surface area contributed by atoms with E-state index >= 15 is 0 Å². The molecule has 3 N–H and O–H groups in total. The smallest absolute Gasteiger partial charge is 0.254 e. The first-order valence-electron chi connectivity index (χ1n) is 6.57. The summed E-state index contributed by atoms with van der Waals surface area (Å²) in [5.74, 6) is -0.328. The molecule has 1 aliphatic heterocycles. The molecule has 7 heteroatoms. The fourth-order valence-electron chi connectivity index (χ4n) is 1.98. The molecular formula is C14H20ClN3O3. The maximum Gasteiger partial charge on any atom is 0.254 e. The first kappa shape index (κ1) is 17.4. The zero-order valence-electron chi connectivity index (χ0n) is 12.1. The van der Waals surface area contributed by atoms with Crippen molar-refractivity contribution in [1.29, 1.82) is 0 Å². The second-order valence-electron chi connectivity index (χ2n) is 4.76. The van der Waals surface area contributed by atoms with Crippen molar-refractivity contribution in [3.8, 4) is 0 Å². The van der Waals surface area contributed by atoms with E-state index in [1.165, 1.54) is 6.92 Å². The highest BCUT2D eigenvalue weighted by atomic mass is 35.5. The van der Waals surface area contributed by atoms with Crippen LogP contribution in [0.5, 0.6) is 0 Å². The van der Waals surface area contributed by atoms with Crippen molar-refractivity contribution < 1.29 is 14.3 Å². The van der Waals surface area contributed by atoms with Gasteiger partial charge in [0, 0.05) is 31.4 Å². The van der Waals surface area contributed by atoms with Crippen LogP contribution in [0, 0.1) is 6.92 Å². The summed E-state index contributed by atoms with van der Waals surface area (Å²) in [7, 11) is 0. The van der Waals surface area contributed by atoms with Crippen molar-refractivity contribution >= 4 is 35.6 Å². The van der Waals surface area contributed by atoms with Crippen LogP contribution in [0.2, 0.25) is 0 Å². The van der Waals surface area contributed by atoms with Crippen LogP contribution in [0.25, 0.3) is 0 Å². The van der Waals surface area contributed by atoms with E-state index in [1.54, 1.807) is 12.1 Å². The molecule has 0 spiro atoms. The standard InChI is InChI=1S/C14H19N3O3.ClH/c1-9-3-4-11(7-12(9)16-10(2)18)17-14(19)13-8-15-5-6-20-13;/h3-4,7,13,15H,5-6,8H2,1-2H3,(H,16,18)(H,17,19);1H. The van der Waals surface area contributed by atoms with E-state index in [2.05, 4.69) is 16.0 Å². The minimum Gasteiger partial charge on any atom is -0.366 e. The number of morpholine rings is 1. The lowest BCUT2D eigenvalue weighted by Crippen LogP contribution is -2.45.